The second kappa shape index (κ2) is 11.1. The van der Waals surface area contributed by atoms with Gasteiger partial charge in [-0.1, -0.05) is 78.9 Å². The third-order valence-electron chi connectivity index (χ3n) is 10.1. The molecule has 2 N–H and O–H groups in total. The Bertz CT molecular complexity index is 1530. The van der Waals surface area contributed by atoms with Gasteiger partial charge in [-0.05, 0) is 67.9 Å². The van der Waals surface area contributed by atoms with Gasteiger partial charge in [0.15, 0.2) is 0 Å². The van der Waals surface area contributed by atoms with E-state index < -0.39 is 18.1 Å². The number of nitrogens with zero attached hydrogens (tertiary/aromatic N) is 2. The predicted octanol–water partition coefficient (Wildman–Crippen LogP) is 4.89. The zero-order valence-electron chi connectivity index (χ0n) is 24.5. The van der Waals surface area contributed by atoms with E-state index in [1.807, 2.05) is 84.9 Å². The zero-order valence-corrected chi connectivity index (χ0v) is 24.5. The zero-order chi connectivity index (χ0) is 29.6. The van der Waals surface area contributed by atoms with Crippen LogP contribution in [0.1, 0.15) is 55.2 Å². The van der Waals surface area contributed by atoms with Crippen molar-refractivity contribution >= 4 is 29.1 Å². The molecule has 0 radical (unpaired) electrons. The van der Waals surface area contributed by atoms with E-state index in [4.69, 9.17) is 4.99 Å². The van der Waals surface area contributed by atoms with Gasteiger partial charge in [0.2, 0.25) is 18.0 Å². The molecule has 1 aliphatic heterocycles. The SMILES string of the molecule is CN1C(=O)[C@H](NC(=O)[C@@H](Cc2ccccc2)NC(=O)C23CC4CC(CC(C4)C2)C3)N=C(c2ccccc2)c2ccccc21. The Hall–Kier alpha value is -4.26. The molecule has 4 saturated carbocycles. The molecule has 0 spiro atoms. The molecule has 4 fully saturated rings. The Balaban J connectivity index is 1.19. The van der Waals surface area contributed by atoms with Crippen molar-refractivity contribution in [2.24, 2.45) is 28.2 Å². The van der Waals surface area contributed by atoms with Crippen LogP contribution in [0.4, 0.5) is 5.69 Å². The molecule has 3 aromatic carbocycles. The summed E-state index contributed by atoms with van der Waals surface area (Å²) in [5, 5.41) is 6.13. The van der Waals surface area contributed by atoms with Crippen molar-refractivity contribution in [3.05, 3.63) is 102 Å². The van der Waals surface area contributed by atoms with E-state index in [1.165, 1.54) is 19.3 Å². The van der Waals surface area contributed by atoms with E-state index in [0.29, 0.717) is 29.9 Å². The molecular weight excluding hydrogens is 536 g/mol. The highest BCUT2D eigenvalue weighted by Gasteiger charge is 2.55. The fraction of sp³-hybridized carbons (Fsp3) is 0.389. The summed E-state index contributed by atoms with van der Waals surface area (Å²) in [7, 11) is 1.71. The molecule has 7 heteroatoms. The Kier molecular flexibility index (Phi) is 7.12. The summed E-state index contributed by atoms with van der Waals surface area (Å²) < 4.78 is 0. The highest BCUT2D eigenvalue weighted by molar-refractivity contribution is 6.20. The number of amides is 3. The Morgan fingerprint density at radius 3 is 2.09 bits per heavy atom. The van der Waals surface area contributed by atoms with Crippen LogP contribution in [-0.4, -0.2) is 42.7 Å². The minimum Gasteiger partial charge on any atom is -0.343 e. The monoisotopic (exact) mass is 574 g/mol. The van der Waals surface area contributed by atoms with Crippen molar-refractivity contribution in [1.29, 1.82) is 0 Å². The molecule has 0 aromatic heterocycles. The Morgan fingerprint density at radius 2 is 1.44 bits per heavy atom. The largest absolute Gasteiger partial charge is 0.343 e. The molecule has 43 heavy (non-hydrogen) atoms. The first-order chi connectivity index (χ1) is 20.9. The average molecular weight is 575 g/mol. The smallest absolute Gasteiger partial charge is 0.272 e. The van der Waals surface area contributed by atoms with Gasteiger partial charge in [0.25, 0.3) is 5.91 Å². The maximum absolute atomic E-state index is 14.1. The van der Waals surface area contributed by atoms with Crippen molar-refractivity contribution in [2.75, 3.05) is 11.9 Å². The third-order valence-corrected chi connectivity index (χ3v) is 10.1. The minimum absolute atomic E-state index is 0.00660. The second-order valence-electron chi connectivity index (χ2n) is 13.1. The number of fused-ring (bicyclic) bond motifs is 1. The normalized spacial score (nSPS) is 28.0. The molecule has 7 nitrogen and oxygen atoms in total. The van der Waals surface area contributed by atoms with Gasteiger partial charge < -0.3 is 15.5 Å². The van der Waals surface area contributed by atoms with Crippen LogP contribution >= 0.6 is 0 Å². The average Bonchev–Trinajstić information content (AvgIpc) is 3.11. The number of para-hydroxylation sites is 1. The summed E-state index contributed by atoms with van der Waals surface area (Å²) in [5.74, 6) is 1.10. The molecule has 5 aliphatic rings. The number of carbonyl (C=O) groups is 3. The van der Waals surface area contributed by atoms with Crippen LogP contribution in [0, 0.1) is 23.2 Å². The molecule has 2 atom stereocenters. The van der Waals surface area contributed by atoms with Gasteiger partial charge in [-0.15, -0.1) is 0 Å². The minimum atomic E-state index is -1.14. The fourth-order valence-corrected chi connectivity index (χ4v) is 8.44. The number of anilines is 1. The van der Waals surface area contributed by atoms with Crippen LogP contribution in [0.25, 0.3) is 0 Å². The second-order valence-corrected chi connectivity index (χ2v) is 13.1. The predicted molar refractivity (Wildman–Crippen MR) is 167 cm³/mol. The van der Waals surface area contributed by atoms with E-state index in [0.717, 1.165) is 41.6 Å². The van der Waals surface area contributed by atoms with Crippen molar-refractivity contribution in [3.63, 3.8) is 0 Å². The Morgan fingerprint density at radius 1 is 0.860 bits per heavy atom. The van der Waals surface area contributed by atoms with E-state index in [2.05, 4.69) is 10.6 Å². The number of nitrogens with one attached hydrogen (secondary N) is 2. The number of likely N-dealkylation sites (N-methyl/N-ethyl adjacent to an activating group) is 1. The third kappa shape index (κ3) is 5.26. The summed E-state index contributed by atoms with van der Waals surface area (Å²) in [4.78, 5) is 48.3. The maximum Gasteiger partial charge on any atom is 0.272 e. The summed E-state index contributed by atoms with van der Waals surface area (Å²) in [6, 6.07) is 26.2. The number of rotatable bonds is 7. The van der Waals surface area contributed by atoms with Crippen LogP contribution < -0.4 is 15.5 Å². The lowest BCUT2D eigenvalue weighted by Crippen LogP contribution is -2.59. The van der Waals surface area contributed by atoms with E-state index in [9.17, 15) is 14.4 Å². The topological polar surface area (TPSA) is 90.9 Å². The van der Waals surface area contributed by atoms with Gasteiger partial charge in [0.05, 0.1) is 11.4 Å². The lowest BCUT2D eigenvalue weighted by molar-refractivity contribution is -0.148. The van der Waals surface area contributed by atoms with E-state index >= 15 is 0 Å². The molecule has 0 unspecified atom stereocenters. The number of benzodiazepines with no additional fused rings is 1. The van der Waals surface area contributed by atoms with Crippen LogP contribution in [0.15, 0.2) is 89.9 Å². The van der Waals surface area contributed by atoms with Gasteiger partial charge in [-0.3, -0.25) is 14.4 Å². The lowest BCUT2D eigenvalue weighted by atomic mass is 9.49. The molecule has 3 amide bonds. The number of aliphatic imine (C=N–C) groups is 1. The molecule has 220 valence electrons. The van der Waals surface area contributed by atoms with Crippen LogP contribution in [0.5, 0.6) is 0 Å². The highest BCUT2D eigenvalue weighted by Crippen LogP contribution is 2.60. The van der Waals surface area contributed by atoms with Crippen molar-refractivity contribution in [3.8, 4) is 0 Å². The van der Waals surface area contributed by atoms with E-state index in [1.54, 1.807) is 11.9 Å². The lowest BCUT2D eigenvalue weighted by Gasteiger charge is -2.55. The first-order valence-corrected chi connectivity index (χ1v) is 15.5. The van der Waals surface area contributed by atoms with Crippen molar-refractivity contribution < 1.29 is 14.4 Å². The van der Waals surface area contributed by atoms with E-state index in [-0.39, 0.29) is 17.2 Å². The number of hydrogen-bond donors (Lipinski definition) is 2. The summed E-state index contributed by atoms with van der Waals surface area (Å²) in [5.41, 5.74) is 3.59. The highest BCUT2D eigenvalue weighted by atomic mass is 16.2. The van der Waals surface area contributed by atoms with Crippen molar-refractivity contribution in [1.82, 2.24) is 10.6 Å². The summed E-state index contributed by atoms with van der Waals surface area (Å²) >= 11 is 0. The number of benzene rings is 3. The molecular formula is C36H38N4O3. The van der Waals surface area contributed by atoms with Gasteiger partial charge >= 0.3 is 0 Å². The quantitative estimate of drug-likeness (QED) is 0.421. The van der Waals surface area contributed by atoms with Crippen LogP contribution in [0.2, 0.25) is 0 Å². The van der Waals surface area contributed by atoms with Gasteiger partial charge in [-0.25, -0.2) is 4.99 Å². The molecule has 4 aliphatic carbocycles. The first-order valence-electron chi connectivity index (χ1n) is 15.5. The fourth-order valence-electron chi connectivity index (χ4n) is 8.44. The number of carbonyl (C=O) groups excluding carboxylic acids is 3. The first kappa shape index (κ1) is 27.6. The van der Waals surface area contributed by atoms with Gasteiger partial charge in [0, 0.05) is 30.0 Å². The summed E-state index contributed by atoms with van der Waals surface area (Å²) in [6.07, 6.45) is 5.65. The maximum atomic E-state index is 14.1. The van der Waals surface area contributed by atoms with Crippen LogP contribution in [-0.2, 0) is 20.8 Å². The van der Waals surface area contributed by atoms with Gasteiger partial charge in [-0.2, -0.15) is 0 Å². The van der Waals surface area contributed by atoms with Crippen LogP contribution in [0.3, 0.4) is 0 Å². The van der Waals surface area contributed by atoms with Gasteiger partial charge in [0.1, 0.15) is 6.04 Å². The summed E-state index contributed by atoms with van der Waals surface area (Å²) in [6.45, 7) is 0. The molecule has 8 rings (SSSR count). The van der Waals surface area contributed by atoms with Crippen molar-refractivity contribution in [2.45, 2.75) is 57.2 Å². The molecule has 3 aromatic rings. The number of hydrogen-bond acceptors (Lipinski definition) is 4. The standard InChI is InChI=1S/C36H38N4O3/c1-40-30-15-9-8-14-28(30)31(27-12-6-3-7-13-27)38-32(34(40)42)39-33(41)29(19-23-10-4-2-5-11-23)37-35(43)36-20-24-16-25(21-36)18-26(17-24)22-36/h2-15,24-26,29,32H,16-22H2,1H3,(H,37,43)(H,39,41)/t24?,25?,26?,29-,32+,36?/m1/s1. The molecule has 4 bridgehead atoms. The molecule has 0 saturated heterocycles. The Labute approximate surface area is 252 Å². The molecule has 1 heterocycles.